The quantitative estimate of drug-likeness (QED) is 0.475. The number of nitrogens with zero attached hydrogens (tertiary/aromatic N) is 1. The highest BCUT2D eigenvalue weighted by Crippen LogP contribution is 2.27. The zero-order valence-electron chi connectivity index (χ0n) is 9.32. The number of para-hydroxylation sites is 1. The van der Waals surface area contributed by atoms with Gasteiger partial charge in [-0.05, 0) is 17.0 Å². The van der Waals surface area contributed by atoms with Crippen molar-refractivity contribution in [3.63, 3.8) is 0 Å². The molecule has 1 aromatic carbocycles. The van der Waals surface area contributed by atoms with Gasteiger partial charge in [0, 0.05) is 12.1 Å². The van der Waals surface area contributed by atoms with Crippen molar-refractivity contribution in [2.45, 2.75) is 26.2 Å². The minimum absolute atomic E-state index is 0.0634. The van der Waals surface area contributed by atoms with E-state index in [4.69, 9.17) is 0 Å². The predicted molar refractivity (Wildman–Crippen MR) is 61.6 cm³/mol. The molecule has 1 heterocycles. The average molecular weight is 201 g/mol. The van der Waals surface area contributed by atoms with E-state index >= 15 is 0 Å². The third-order valence-electron chi connectivity index (χ3n) is 2.62. The van der Waals surface area contributed by atoms with E-state index in [1.807, 2.05) is 30.3 Å². The van der Waals surface area contributed by atoms with Gasteiger partial charge in [0.25, 0.3) is 0 Å². The molecule has 0 aliphatic heterocycles. The van der Waals surface area contributed by atoms with E-state index in [1.54, 1.807) is 6.20 Å². The standard InChI is InChI=1S/C13H15NO/c1-13(2,3)11-8-9-14(15)12-7-5-4-6-10(11)12/h4-9H,1-3H3. The highest BCUT2D eigenvalue weighted by atomic mass is 16.5. The zero-order valence-corrected chi connectivity index (χ0v) is 9.32. The van der Waals surface area contributed by atoms with Crippen LogP contribution in [-0.2, 0) is 5.41 Å². The van der Waals surface area contributed by atoms with Gasteiger partial charge in [-0.25, -0.2) is 0 Å². The fourth-order valence-electron chi connectivity index (χ4n) is 1.86. The van der Waals surface area contributed by atoms with Gasteiger partial charge in [-0.1, -0.05) is 32.9 Å². The molecule has 0 atom stereocenters. The van der Waals surface area contributed by atoms with Crippen LogP contribution in [0.25, 0.3) is 10.9 Å². The van der Waals surface area contributed by atoms with Crippen LogP contribution in [0.2, 0.25) is 0 Å². The molecule has 0 aliphatic rings. The minimum atomic E-state index is 0.0634. The fourth-order valence-corrected chi connectivity index (χ4v) is 1.86. The Morgan fingerprint density at radius 1 is 1.07 bits per heavy atom. The Bertz CT molecular complexity index is 497. The van der Waals surface area contributed by atoms with Crippen molar-refractivity contribution in [2.75, 3.05) is 0 Å². The van der Waals surface area contributed by atoms with E-state index in [-0.39, 0.29) is 5.41 Å². The molecule has 0 N–H and O–H groups in total. The summed E-state index contributed by atoms with van der Waals surface area (Å²) in [5, 5.41) is 12.6. The lowest BCUT2D eigenvalue weighted by Gasteiger charge is -2.20. The van der Waals surface area contributed by atoms with Gasteiger partial charge in [-0.2, -0.15) is 4.73 Å². The average Bonchev–Trinajstić information content (AvgIpc) is 2.17. The largest absolute Gasteiger partial charge is 0.618 e. The van der Waals surface area contributed by atoms with Gasteiger partial charge in [-0.3, -0.25) is 0 Å². The molecular formula is C13H15NO. The molecule has 0 saturated carbocycles. The van der Waals surface area contributed by atoms with Crippen LogP contribution in [0.4, 0.5) is 0 Å². The number of benzene rings is 1. The Kier molecular flexibility index (Phi) is 2.14. The van der Waals surface area contributed by atoms with Gasteiger partial charge in [0.15, 0.2) is 6.20 Å². The molecule has 0 radical (unpaired) electrons. The molecule has 0 fully saturated rings. The second-order valence-electron chi connectivity index (χ2n) is 4.82. The summed E-state index contributed by atoms with van der Waals surface area (Å²) in [5.41, 5.74) is 2.02. The Labute approximate surface area is 89.8 Å². The molecule has 2 aromatic rings. The van der Waals surface area contributed by atoms with Crippen molar-refractivity contribution >= 4 is 10.9 Å². The van der Waals surface area contributed by atoms with Crippen LogP contribution >= 0.6 is 0 Å². The molecule has 0 amide bonds. The Balaban J connectivity index is 2.84. The summed E-state index contributed by atoms with van der Waals surface area (Å²) in [7, 11) is 0. The van der Waals surface area contributed by atoms with Gasteiger partial charge in [0.05, 0.1) is 5.39 Å². The van der Waals surface area contributed by atoms with E-state index in [1.165, 1.54) is 5.56 Å². The predicted octanol–water partition coefficient (Wildman–Crippen LogP) is 2.77. The molecular weight excluding hydrogens is 186 g/mol. The van der Waals surface area contributed by atoms with Gasteiger partial charge in [0.1, 0.15) is 0 Å². The maximum Gasteiger partial charge on any atom is 0.224 e. The Hall–Kier alpha value is -1.57. The molecule has 0 spiro atoms. The monoisotopic (exact) mass is 201 g/mol. The smallest absolute Gasteiger partial charge is 0.224 e. The van der Waals surface area contributed by atoms with E-state index in [9.17, 15) is 5.21 Å². The Morgan fingerprint density at radius 2 is 1.73 bits per heavy atom. The summed E-state index contributed by atoms with van der Waals surface area (Å²) in [6, 6.07) is 9.64. The Morgan fingerprint density at radius 3 is 2.40 bits per heavy atom. The fraction of sp³-hybridized carbons (Fsp3) is 0.308. The van der Waals surface area contributed by atoms with Gasteiger partial charge < -0.3 is 5.21 Å². The lowest BCUT2D eigenvalue weighted by Crippen LogP contribution is -2.28. The summed E-state index contributed by atoms with van der Waals surface area (Å²) < 4.78 is 0.921. The summed E-state index contributed by atoms with van der Waals surface area (Å²) >= 11 is 0. The van der Waals surface area contributed by atoms with Crippen LogP contribution < -0.4 is 4.73 Å². The molecule has 15 heavy (non-hydrogen) atoms. The van der Waals surface area contributed by atoms with Crippen molar-refractivity contribution in [3.8, 4) is 0 Å². The minimum Gasteiger partial charge on any atom is -0.618 e. The highest BCUT2D eigenvalue weighted by Gasteiger charge is 2.19. The van der Waals surface area contributed by atoms with Gasteiger partial charge in [-0.15, -0.1) is 0 Å². The maximum absolute atomic E-state index is 11.6. The van der Waals surface area contributed by atoms with Crippen molar-refractivity contribution in [2.24, 2.45) is 0 Å². The van der Waals surface area contributed by atoms with E-state index in [0.717, 1.165) is 15.6 Å². The van der Waals surface area contributed by atoms with Crippen LogP contribution in [-0.4, -0.2) is 0 Å². The highest BCUT2D eigenvalue weighted by molar-refractivity contribution is 5.80. The first kappa shape index (κ1) is 9.97. The number of hydrogen-bond donors (Lipinski definition) is 0. The molecule has 1 aromatic heterocycles. The summed E-state index contributed by atoms with van der Waals surface area (Å²) in [5.74, 6) is 0. The molecule has 0 saturated heterocycles. The molecule has 78 valence electrons. The first-order chi connectivity index (χ1) is 7.00. The summed E-state index contributed by atoms with van der Waals surface area (Å²) in [4.78, 5) is 0. The van der Waals surface area contributed by atoms with E-state index in [2.05, 4.69) is 20.8 Å². The zero-order chi connectivity index (χ0) is 11.1. The first-order valence-electron chi connectivity index (χ1n) is 5.11. The van der Waals surface area contributed by atoms with Crippen LogP contribution in [0.3, 0.4) is 0 Å². The lowest BCUT2D eigenvalue weighted by atomic mass is 9.85. The third kappa shape index (κ3) is 1.67. The molecule has 2 rings (SSSR count). The number of hydrogen-bond acceptors (Lipinski definition) is 1. The SMILES string of the molecule is CC(C)(C)c1cc[n+]([O-])c2ccccc12. The van der Waals surface area contributed by atoms with Gasteiger partial charge in [0.2, 0.25) is 5.52 Å². The second-order valence-corrected chi connectivity index (χ2v) is 4.82. The molecule has 0 unspecified atom stereocenters. The lowest BCUT2D eigenvalue weighted by molar-refractivity contribution is -0.577. The summed E-state index contributed by atoms with van der Waals surface area (Å²) in [6.45, 7) is 6.47. The summed E-state index contributed by atoms with van der Waals surface area (Å²) in [6.07, 6.45) is 1.59. The normalized spacial score (nSPS) is 11.9. The van der Waals surface area contributed by atoms with E-state index < -0.39 is 0 Å². The second kappa shape index (κ2) is 3.23. The van der Waals surface area contributed by atoms with Crippen molar-refractivity contribution < 1.29 is 4.73 Å². The topological polar surface area (TPSA) is 26.9 Å². The number of pyridine rings is 1. The van der Waals surface area contributed by atoms with Crippen LogP contribution in [0, 0.1) is 5.21 Å². The van der Waals surface area contributed by atoms with Crippen LogP contribution in [0.15, 0.2) is 36.5 Å². The molecule has 2 nitrogen and oxygen atoms in total. The molecule has 0 bridgehead atoms. The van der Waals surface area contributed by atoms with Crippen molar-refractivity contribution in [1.29, 1.82) is 0 Å². The number of rotatable bonds is 0. The van der Waals surface area contributed by atoms with Gasteiger partial charge >= 0.3 is 0 Å². The number of aromatic nitrogens is 1. The van der Waals surface area contributed by atoms with Crippen molar-refractivity contribution in [1.82, 2.24) is 0 Å². The maximum atomic E-state index is 11.6. The first-order valence-corrected chi connectivity index (χ1v) is 5.11. The number of fused-ring (bicyclic) bond motifs is 1. The third-order valence-corrected chi connectivity index (χ3v) is 2.62. The van der Waals surface area contributed by atoms with E-state index in [0.29, 0.717) is 0 Å². The van der Waals surface area contributed by atoms with Crippen LogP contribution in [0.5, 0.6) is 0 Å². The van der Waals surface area contributed by atoms with Crippen molar-refractivity contribution in [3.05, 3.63) is 47.3 Å². The van der Waals surface area contributed by atoms with Crippen LogP contribution in [0.1, 0.15) is 26.3 Å². The molecule has 2 heteroatoms. The molecule has 0 aliphatic carbocycles.